The molecule has 0 radical (unpaired) electrons. The van der Waals surface area contributed by atoms with Crippen LogP contribution in [0.1, 0.15) is 18.4 Å². The van der Waals surface area contributed by atoms with Crippen molar-refractivity contribution >= 4 is 23.0 Å². The summed E-state index contributed by atoms with van der Waals surface area (Å²) in [6, 6.07) is 5.68. The first-order valence-corrected chi connectivity index (χ1v) is 7.31. The first-order valence-electron chi connectivity index (χ1n) is 6.77. The number of hydrogen-bond donors (Lipinski definition) is 0. The van der Waals surface area contributed by atoms with Crippen molar-refractivity contribution in [1.29, 1.82) is 0 Å². The van der Waals surface area contributed by atoms with Crippen molar-refractivity contribution in [3.63, 3.8) is 0 Å². The minimum Gasteiger partial charge on any atom is -0.367 e. The van der Waals surface area contributed by atoms with Crippen LogP contribution in [0.2, 0.25) is 0 Å². The molecule has 110 valence electrons. The van der Waals surface area contributed by atoms with Gasteiger partial charge in [0.05, 0.1) is 4.92 Å². The van der Waals surface area contributed by atoms with Gasteiger partial charge in [0.1, 0.15) is 5.69 Å². The lowest BCUT2D eigenvalue weighted by atomic mass is 10.1. The summed E-state index contributed by atoms with van der Waals surface area (Å²) in [4.78, 5) is 15.2. The van der Waals surface area contributed by atoms with E-state index in [9.17, 15) is 10.1 Å². The van der Waals surface area contributed by atoms with E-state index in [1.54, 1.807) is 12.1 Å². The summed E-state index contributed by atoms with van der Waals surface area (Å²) in [5.74, 6) is 0.288. The minimum absolute atomic E-state index is 0.131. The molecule has 1 unspecified atom stereocenters. The Morgan fingerprint density at radius 2 is 2.30 bits per heavy atom. The van der Waals surface area contributed by atoms with Gasteiger partial charge in [0, 0.05) is 31.6 Å². The molecule has 6 heteroatoms. The summed E-state index contributed by atoms with van der Waals surface area (Å²) in [5, 5.41) is 11.2. The monoisotopic (exact) mass is 297 g/mol. The Balaban J connectivity index is 2.20. The van der Waals surface area contributed by atoms with Gasteiger partial charge < -0.3 is 9.80 Å². The van der Waals surface area contributed by atoms with Gasteiger partial charge in [-0.05, 0) is 38.1 Å². The van der Waals surface area contributed by atoms with Crippen LogP contribution in [0.25, 0.3) is 0 Å². The lowest BCUT2D eigenvalue weighted by molar-refractivity contribution is -0.384. The summed E-state index contributed by atoms with van der Waals surface area (Å²) in [6.07, 6.45) is 2.34. The number of nitro groups is 1. The van der Waals surface area contributed by atoms with E-state index in [0.717, 1.165) is 25.1 Å². The van der Waals surface area contributed by atoms with Crippen LogP contribution in [0, 0.1) is 10.1 Å². The van der Waals surface area contributed by atoms with Gasteiger partial charge in [0.25, 0.3) is 5.69 Å². The van der Waals surface area contributed by atoms with Crippen LogP contribution < -0.4 is 4.90 Å². The first kappa shape index (κ1) is 15.1. The van der Waals surface area contributed by atoms with Crippen molar-refractivity contribution in [3.05, 3.63) is 33.9 Å². The molecule has 2 rings (SSSR count). The molecule has 0 amide bonds. The lowest BCUT2D eigenvalue weighted by Gasteiger charge is -2.27. The summed E-state index contributed by atoms with van der Waals surface area (Å²) < 4.78 is 0. The summed E-state index contributed by atoms with van der Waals surface area (Å²) in [5.41, 5.74) is 1.56. The van der Waals surface area contributed by atoms with E-state index in [1.165, 1.54) is 6.42 Å². The number of nitro benzene ring substituents is 1. The Morgan fingerprint density at radius 3 is 2.85 bits per heavy atom. The Kier molecular flexibility index (Phi) is 4.83. The maximum atomic E-state index is 11.2. The molecule has 0 aromatic heterocycles. The van der Waals surface area contributed by atoms with Gasteiger partial charge >= 0.3 is 0 Å². The fourth-order valence-electron chi connectivity index (χ4n) is 2.75. The van der Waals surface area contributed by atoms with Crippen molar-refractivity contribution in [2.24, 2.45) is 0 Å². The summed E-state index contributed by atoms with van der Waals surface area (Å²) in [7, 11) is 4.02. The fraction of sp³-hybridized carbons (Fsp3) is 0.571. The molecule has 0 N–H and O–H groups in total. The van der Waals surface area contributed by atoms with Crippen LogP contribution in [0.4, 0.5) is 11.4 Å². The van der Waals surface area contributed by atoms with Crippen LogP contribution in [0.5, 0.6) is 0 Å². The van der Waals surface area contributed by atoms with Crippen LogP contribution in [0.3, 0.4) is 0 Å². The normalized spacial score (nSPS) is 19.2. The molecule has 20 heavy (non-hydrogen) atoms. The molecular formula is C14H20ClN3O2. The molecule has 0 aliphatic carbocycles. The standard InChI is InChI=1S/C14H20ClN3O2/c1-16-7-3-4-12(16)10-17(2)13-6-5-11(9-15)8-14(13)18(19)20/h5-6,8,12H,3-4,7,9-10H2,1-2H3. The molecule has 1 fully saturated rings. The second kappa shape index (κ2) is 6.41. The lowest BCUT2D eigenvalue weighted by Crippen LogP contribution is -2.36. The second-order valence-corrected chi connectivity index (χ2v) is 5.64. The highest BCUT2D eigenvalue weighted by atomic mass is 35.5. The number of halogens is 1. The molecule has 1 aliphatic heterocycles. The molecule has 0 saturated carbocycles. The van der Waals surface area contributed by atoms with Gasteiger partial charge in [0.2, 0.25) is 0 Å². The van der Waals surface area contributed by atoms with E-state index in [0.29, 0.717) is 11.7 Å². The molecule has 0 bridgehead atoms. The van der Waals surface area contributed by atoms with Crippen LogP contribution in [-0.2, 0) is 5.88 Å². The van der Waals surface area contributed by atoms with Crippen molar-refractivity contribution in [2.45, 2.75) is 24.8 Å². The number of likely N-dealkylation sites (tertiary alicyclic amines) is 1. The number of anilines is 1. The quantitative estimate of drug-likeness (QED) is 0.476. The molecule has 1 aromatic rings. The number of nitrogens with zero attached hydrogens (tertiary/aromatic N) is 3. The third-order valence-corrected chi connectivity index (χ3v) is 4.27. The van der Waals surface area contributed by atoms with Crippen LogP contribution in [-0.4, -0.2) is 43.0 Å². The van der Waals surface area contributed by atoms with E-state index >= 15 is 0 Å². The number of likely N-dealkylation sites (N-methyl/N-ethyl adjacent to an activating group) is 2. The Bertz CT molecular complexity index is 495. The SMILES string of the molecule is CN(CC1CCCN1C)c1ccc(CCl)cc1[N+](=O)[O-]. The molecule has 1 saturated heterocycles. The minimum atomic E-state index is -0.333. The highest BCUT2D eigenvalue weighted by Crippen LogP contribution is 2.30. The smallest absolute Gasteiger partial charge is 0.292 e. The Labute approximate surface area is 124 Å². The number of rotatable bonds is 5. The predicted molar refractivity (Wildman–Crippen MR) is 81.6 cm³/mol. The molecular weight excluding hydrogens is 278 g/mol. The van der Waals surface area contributed by atoms with E-state index in [4.69, 9.17) is 11.6 Å². The average Bonchev–Trinajstić information content (AvgIpc) is 2.83. The molecule has 1 aliphatic rings. The number of benzene rings is 1. The maximum absolute atomic E-state index is 11.2. The van der Waals surface area contributed by atoms with Crippen LogP contribution in [0.15, 0.2) is 18.2 Å². The molecule has 1 heterocycles. The zero-order valence-corrected chi connectivity index (χ0v) is 12.6. The summed E-state index contributed by atoms with van der Waals surface area (Å²) in [6.45, 7) is 1.91. The average molecular weight is 298 g/mol. The van der Waals surface area contributed by atoms with E-state index in [-0.39, 0.29) is 16.5 Å². The third kappa shape index (κ3) is 3.22. The highest BCUT2D eigenvalue weighted by Gasteiger charge is 2.25. The van der Waals surface area contributed by atoms with E-state index in [1.807, 2.05) is 18.0 Å². The molecule has 1 atom stereocenters. The van der Waals surface area contributed by atoms with Crippen molar-refractivity contribution < 1.29 is 4.92 Å². The number of alkyl halides is 1. The van der Waals surface area contributed by atoms with Crippen molar-refractivity contribution in [1.82, 2.24) is 4.90 Å². The van der Waals surface area contributed by atoms with E-state index < -0.39 is 0 Å². The van der Waals surface area contributed by atoms with Gasteiger partial charge in [0.15, 0.2) is 0 Å². The van der Waals surface area contributed by atoms with Crippen molar-refractivity contribution in [2.75, 3.05) is 32.1 Å². The zero-order valence-electron chi connectivity index (χ0n) is 11.9. The molecule has 5 nitrogen and oxygen atoms in total. The van der Waals surface area contributed by atoms with Gasteiger partial charge in [-0.2, -0.15) is 0 Å². The molecule has 0 spiro atoms. The number of hydrogen-bond acceptors (Lipinski definition) is 4. The summed E-state index contributed by atoms with van der Waals surface area (Å²) >= 11 is 5.75. The maximum Gasteiger partial charge on any atom is 0.292 e. The molecule has 1 aromatic carbocycles. The van der Waals surface area contributed by atoms with Crippen molar-refractivity contribution in [3.8, 4) is 0 Å². The zero-order chi connectivity index (χ0) is 14.7. The van der Waals surface area contributed by atoms with Gasteiger partial charge in [-0.25, -0.2) is 0 Å². The van der Waals surface area contributed by atoms with E-state index in [2.05, 4.69) is 11.9 Å². The highest BCUT2D eigenvalue weighted by molar-refractivity contribution is 6.17. The predicted octanol–water partition coefficient (Wildman–Crippen LogP) is 2.86. The Hall–Kier alpha value is -1.33. The van der Waals surface area contributed by atoms with Crippen LogP contribution >= 0.6 is 11.6 Å². The van der Waals surface area contributed by atoms with Gasteiger partial charge in [-0.1, -0.05) is 6.07 Å². The topological polar surface area (TPSA) is 49.6 Å². The second-order valence-electron chi connectivity index (χ2n) is 5.37. The Morgan fingerprint density at radius 1 is 1.55 bits per heavy atom. The largest absolute Gasteiger partial charge is 0.367 e. The third-order valence-electron chi connectivity index (χ3n) is 3.96. The van der Waals surface area contributed by atoms with Gasteiger partial charge in [-0.15, -0.1) is 11.6 Å². The first-order chi connectivity index (χ1) is 9.52. The van der Waals surface area contributed by atoms with Gasteiger partial charge in [-0.3, -0.25) is 10.1 Å². The fourth-order valence-corrected chi connectivity index (χ4v) is 2.91.